The first-order chi connectivity index (χ1) is 10.1. The Labute approximate surface area is 124 Å². The van der Waals surface area contributed by atoms with Crippen LogP contribution >= 0.6 is 0 Å². The van der Waals surface area contributed by atoms with Crippen molar-refractivity contribution in [2.45, 2.75) is 13.8 Å². The molecule has 3 nitrogen and oxygen atoms in total. The Kier molecular flexibility index (Phi) is 3.40. The molecule has 2 aromatic carbocycles. The third-order valence-electron chi connectivity index (χ3n) is 3.63. The number of benzene rings is 2. The number of nitrogen functional groups attached to an aromatic ring is 1. The molecule has 0 radical (unpaired) electrons. The van der Waals surface area contributed by atoms with Crippen LogP contribution in [0.2, 0.25) is 0 Å². The molecule has 0 unspecified atom stereocenters. The van der Waals surface area contributed by atoms with Crippen molar-refractivity contribution in [1.82, 2.24) is 9.97 Å². The number of rotatable bonds is 2. The monoisotopic (exact) mass is 275 g/mol. The number of aromatic nitrogens is 2. The van der Waals surface area contributed by atoms with E-state index in [9.17, 15) is 0 Å². The number of anilines is 1. The van der Waals surface area contributed by atoms with E-state index in [1.54, 1.807) is 12.4 Å². The molecule has 0 aliphatic heterocycles. The second kappa shape index (κ2) is 5.37. The number of aryl methyl sites for hydroxylation is 2. The van der Waals surface area contributed by atoms with Crippen LogP contribution in [-0.2, 0) is 0 Å². The maximum atomic E-state index is 5.59. The van der Waals surface area contributed by atoms with Crippen molar-refractivity contribution in [2.75, 3.05) is 5.73 Å². The van der Waals surface area contributed by atoms with Crippen molar-refractivity contribution < 1.29 is 0 Å². The van der Waals surface area contributed by atoms with E-state index in [1.807, 2.05) is 0 Å². The summed E-state index contributed by atoms with van der Waals surface area (Å²) >= 11 is 0. The van der Waals surface area contributed by atoms with Crippen LogP contribution in [0.5, 0.6) is 0 Å². The molecule has 0 saturated carbocycles. The van der Waals surface area contributed by atoms with Gasteiger partial charge in [0, 0.05) is 5.56 Å². The maximum absolute atomic E-state index is 5.59. The fourth-order valence-electron chi connectivity index (χ4n) is 2.49. The van der Waals surface area contributed by atoms with E-state index in [1.165, 1.54) is 22.3 Å². The number of nitrogens with two attached hydrogens (primary N) is 1. The van der Waals surface area contributed by atoms with Crippen LogP contribution in [0.25, 0.3) is 22.4 Å². The van der Waals surface area contributed by atoms with E-state index in [-0.39, 0.29) is 0 Å². The summed E-state index contributed by atoms with van der Waals surface area (Å²) in [7, 11) is 0. The lowest BCUT2D eigenvalue weighted by Crippen LogP contribution is -1.94. The van der Waals surface area contributed by atoms with Crippen LogP contribution in [0, 0.1) is 13.8 Å². The Bertz CT molecular complexity index is 777. The second-order valence-corrected chi connectivity index (χ2v) is 5.17. The molecule has 3 heteroatoms. The summed E-state index contributed by atoms with van der Waals surface area (Å²) in [6.07, 6.45) is 3.30. The molecule has 1 heterocycles. The van der Waals surface area contributed by atoms with Crippen molar-refractivity contribution in [2.24, 2.45) is 0 Å². The largest absolute Gasteiger partial charge is 0.382 e. The summed E-state index contributed by atoms with van der Waals surface area (Å²) in [6.45, 7) is 4.22. The van der Waals surface area contributed by atoms with Crippen LogP contribution in [0.15, 0.2) is 54.9 Å². The third-order valence-corrected chi connectivity index (χ3v) is 3.63. The van der Waals surface area contributed by atoms with Crippen molar-refractivity contribution in [3.63, 3.8) is 0 Å². The second-order valence-electron chi connectivity index (χ2n) is 5.17. The van der Waals surface area contributed by atoms with Crippen molar-refractivity contribution >= 4 is 5.82 Å². The van der Waals surface area contributed by atoms with Crippen molar-refractivity contribution in [1.29, 1.82) is 0 Å². The summed E-state index contributed by atoms with van der Waals surface area (Å²) in [5, 5.41) is 0. The van der Waals surface area contributed by atoms with E-state index in [0.29, 0.717) is 5.82 Å². The lowest BCUT2D eigenvalue weighted by atomic mass is 9.96. The van der Waals surface area contributed by atoms with Gasteiger partial charge in [0.25, 0.3) is 0 Å². The van der Waals surface area contributed by atoms with Gasteiger partial charge in [-0.1, -0.05) is 42.5 Å². The molecule has 2 N–H and O–H groups in total. The lowest BCUT2D eigenvalue weighted by molar-refractivity contribution is 1.21. The SMILES string of the molecule is Cc1ccccc1-c1ccc(-c2cnc(N)cn2)c(C)c1. The number of nitrogens with zero attached hydrogens (tertiary/aromatic N) is 2. The molecule has 0 bridgehead atoms. The van der Waals surface area contributed by atoms with Gasteiger partial charge in [-0.2, -0.15) is 0 Å². The van der Waals surface area contributed by atoms with Crippen LogP contribution in [0.1, 0.15) is 11.1 Å². The summed E-state index contributed by atoms with van der Waals surface area (Å²) in [4.78, 5) is 8.45. The Morgan fingerprint density at radius 2 is 1.62 bits per heavy atom. The first-order valence-electron chi connectivity index (χ1n) is 6.90. The minimum Gasteiger partial charge on any atom is -0.382 e. The summed E-state index contributed by atoms with van der Waals surface area (Å²) in [6, 6.07) is 14.8. The van der Waals surface area contributed by atoms with Gasteiger partial charge in [0.05, 0.1) is 18.1 Å². The van der Waals surface area contributed by atoms with Gasteiger partial charge in [0.15, 0.2) is 0 Å². The third kappa shape index (κ3) is 2.63. The molecule has 104 valence electrons. The Balaban J connectivity index is 2.04. The zero-order valence-corrected chi connectivity index (χ0v) is 12.2. The standard InChI is InChI=1S/C18H17N3/c1-12-5-3-4-6-15(12)14-7-8-16(13(2)9-14)17-10-21-18(19)11-20-17/h3-11H,1-2H3,(H2,19,21). The normalized spacial score (nSPS) is 10.6. The summed E-state index contributed by atoms with van der Waals surface area (Å²) < 4.78 is 0. The Morgan fingerprint density at radius 1 is 0.810 bits per heavy atom. The molecule has 0 fully saturated rings. The molecule has 0 spiro atoms. The minimum atomic E-state index is 0.438. The van der Waals surface area contributed by atoms with Gasteiger partial charge in [-0.25, -0.2) is 4.98 Å². The Morgan fingerprint density at radius 3 is 2.29 bits per heavy atom. The summed E-state index contributed by atoms with van der Waals surface area (Å²) in [5.74, 6) is 0.438. The zero-order chi connectivity index (χ0) is 14.8. The Hall–Kier alpha value is -2.68. The molecule has 0 aliphatic rings. The highest BCUT2D eigenvalue weighted by Crippen LogP contribution is 2.28. The molecule has 3 aromatic rings. The molecule has 0 saturated heterocycles. The van der Waals surface area contributed by atoms with Gasteiger partial charge >= 0.3 is 0 Å². The molecule has 0 atom stereocenters. The predicted octanol–water partition coefficient (Wildman–Crippen LogP) is 4.01. The van der Waals surface area contributed by atoms with Crippen LogP contribution in [0.4, 0.5) is 5.82 Å². The van der Waals surface area contributed by atoms with Crippen molar-refractivity contribution in [3.05, 3.63) is 66.0 Å². The average Bonchev–Trinajstić information content (AvgIpc) is 2.49. The van der Waals surface area contributed by atoms with Gasteiger partial charge in [0.2, 0.25) is 0 Å². The first-order valence-corrected chi connectivity index (χ1v) is 6.90. The predicted molar refractivity (Wildman–Crippen MR) is 86.8 cm³/mol. The molecule has 3 rings (SSSR count). The van der Waals surface area contributed by atoms with Crippen LogP contribution in [0.3, 0.4) is 0 Å². The highest BCUT2D eigenvalue weighted by atomic mass is 14.9. The average molecular weight is 275 g/mol. The smallest absolute Gasteiger partial charge is 0.141 e. The number of hydrogen-bond acceptors (Lipinski definition) is 3. The molecular formula is C18H17N3. The van der Waals surface area contributed by atoms with E-state index in [0.717, 1.165) is 11.3 Å². The molecule has 21 heavy (non-hydrogen) atoms. The molecule has 0 aliphatic carbocycles. The molecule has 1 aromatic heterocycles. The minimum absolute atomic E-state index is 0.438. The molecular weight excluding hydrogens is 258 g/mol. The van der Waals surface area contributed by atoms with Crippen LogP contribution in [-0.4, -0.2) is 9.97 Å². The van der Waals surface area contributed by atoms with E-state index in [4.69, 9.17) is 5.73 Å². The van der Waals surface area contributed by atoms with Gasteiger partial charge in [-0.15, -0.1) is 0 Å². The fraction of sp³-hybridized carbons (Fsp3) is 0.111. The fourth-order valence-corrected chi connectivity index (χ4v) is 2.49. The highest BCUT2D eigenvalue weighted by Gasteiger charge is 2.07. The van der Waals surface area contributed by atoms with E-state index in [2.05, 4.69) is 66.3 Å². The number of hydrogen-bond donors (Lipinski definition) is 1. The lowest BCUT2D eigenvalue weighted by Gasteiger charge is -2.10. The van der Waals surface area contributed by atoms with Gasteiger partial charge in [0.1, 0.15) is 5.82 Å². The van der Waals surface area contributed by atoms with Crippen LogP contribution < -0.4 is 5.73 Å². The quantitative estimate of drug-likeness (QED) is 0.768. The van der Waals surface area contributed by atoms with Gasteiger partial charge in [-0.05, 0) is 36.1 Å². The van der Waals surface area contributed by atoms with E-state index < -0.39 is 0 Å². The summed E-state index contributed by atoms with van der Waals surface area (Å²) in [5.41, 5.74) is 12.4. The molecule has 0 amide bonds. The van der Waals surface area contributed by atoms with Crippen molar-refractivity contribution in [3.8, 4) is 22.4 Å². The first kappa shape index (κ1) is 13.3. The maximum Gasteiger partial charge on any atom is 0.141 e. The van der Waals surface area contributed by atoms with Gasteiger partial charge < -0.3 is 5.73 Å². The van der Waals surface area contributed by atoms with Gasteiger partial charge in [-0.3, -0.25) is 4.98 Å². The highest BCUT2D eigenvalue weighted by molar-refractivity contribution is 5.73. The topological polar surface area (TPSA) is 51.8 Å². The zero-order valence-electron chi connectivity index (χ0n) is 12.2. The van der Waals surface area contributed by atoms with E-state index >= 15 is 0 Å².